The lowest BCUT2D eigenvalue weighted by molar-refractivity contribution is 0.246. The van der Waals surface area contributed by atoms with E-state index in [-0.39, 0.29) is 17.5 Å². The monoisotopic (exact) mass is 251 g/mol. The molecule has 0 saturated heterocycles. The number of nitrogens with one attached hydrogen (secondary N) is 2. The Labute approximate surface area is 107 Å². The molecule has 0 saturated carbocycles. The quantitative estimate of drug-likeness (QED) is 0.808. The molecule has 6 nitrogen and oxygen atoms in total. The van der Waals surface area contributed by atoms with Crippen molar-refractivity contribution < 1.29 is 4.79 Å². The summed E-state index contributed by atoms with van der Waals surface area (Å²) in [5.74, 6) is 0.280. The standard InChI is InChI=1S/C12H21N5O/c1-7-12(5,6)15-10(18)14-9-13-8-17(16-9)11(2,3)4/h7-8H,1H2,2-6H3,(H2,14,15,16,18). The molecule has 0 aromatic carbocycles. The van der Waals surface area contributed by atoms with Crippen LogP contribution < -0.4 is 10.6 Å². The average Bonchev–Trinajstić information content (AvgIpc) is 2.64. The molecule has 0 atom stereocenters. The molecule has 1 aromatic rings. The van der Waals surface area contributed by atoms with Gasteiger partial charge in [0.25, 0.3) is 0 Å². The summed E-state index contributed by atoms with van der Waals surface area (Å²) < 4.78 is 1.70. The Morgan fingerprint density at radius 2 is 2.00 bits per heavy atom. The maximum absolute atomic E-state index is 11.7. The van der Waals surface area contributed by atoms with E-state index in [2.05, 4.69) is 27.3 Å². The number of hydrogen-bond acceptors (Lipinski definition) is 3. The van der Waals surface area contributed by atoms with E-state index in [1.165, 1.54) is 0 Å². The topological polar surface area (TPSA) is 71.8 Å². The highest BCUT2D eigenvalue weighted by Gasteiger charge is 2.18. The Kier molecular flexibility index (Phi) is 3.79. The van der Waals surface area contributed by atoms with Crippen LogP contribution in [-0.4, -0.2) is 26.3 Å². The van der Waals surface area contributed by atoms with Crippen molar-refractivity contribution in [2.45, 2.75) is 45.7 Å². The smallest absolute Gasteiger partial charge is 0.322 e. The van der Waals surface area contributed by atoms with Crippen LogP contribution in [0, 0.1) is 0 Å². The molecule has 0 spiro atoms. The number of nitrogens with zero attached hydrogens (tertiary/aromatic N) is 3. The van der Waals surface area contributed by atoms with Gasteiger partial charge in [-0.15, -0.1) is 11.7 Å². The zero-order chi connectivity index (χ0) is 14.0. The Morgan fingerprint density at radius 1 is 1.39 bits per heavy atom. The third-order valence-electron chi connectivity index (χ3n) is 2.35. The Balaban J connectivity index is 2.66. The van der Waals surface area contributed by atoms with Gasteiger partial charge in [0, 0.05) is 0 Å². The number of anilines is 1. The Hall–Kier alpha value is -1.85. The normalized spacial score (nSPS) is 12.1. The van der Waals surface area contributed by atoms with Crippen molar-refractivity contribution in [2.75, 3.05) is 5.32 Å². The molecule has 100 valence electrons. The third kappa shape index (κ3) is 3.87. The highest BCUT2D eigenvalue weighted by Crippen LogP contribution is 2.12. The van der Waals surface area contributed by atoms with Gasteiger partial charge in [-0.3, -0.25) is 5.32 Å². The molecule has 0 radical (unpaired) electrons. The number of carbonyl (C=O) groups is 1. The lowest BCUT2D eigenvalue weighted by Gasteiger charge is -2.21. The summed E-state index contributed by atoms with van der Waals surface area (Å²) in [4.78, 5) is 15.7. The number of aromatic nitrogens is 3. The van der Waals surface area contributed by atoms with E-state index < -0.39 is 5.54 Å². The lowest BCUT2D eigenvalue weighted by atomic mass is 10.1. The molecular weight excluding hydrogens is 230 g/mol. The van der Waals surface area contributed by atoms with Gasteiger partial charge in [-0.1, -0.05) is 6.08 Å². The fourth-order valence-electron chi connectivity index (χ4n) is 1.12. The number of hydrogen-bond donors (Lipinski definition) is 2. The van der Waals surface area contributed by atoms with Crippen LogP contribution in [0.1, 0.15) is 34.6 Å². The van der Waals surface area contributed by atoms with Crippen molar-refractivity contribution in [3.05, 3.63) is 19.0 Å². The second-order valence-electron chi connectivity index (χ2n) is 5.69. The Morgan fingerprint density at radius 3 is 2.44 bits per heavy atom. The first-order valence-electron chi connectivity index (χ1n) is 5.79. The van der Waals surface area contributed by atoms with E-state index in [1.807, 2.05) is 34.6 Å². The molecule has 6 heteroatoms. The van der Waals surface area contributed by atoms with Gasteiger partial charge in [0.1, 0.15) is 6.33 Å². The molecule has 0 fully saturated rings. The largest absolute Gasteiger partial charge is 0.329 e. The lowest BCUT2D eigenvalue weighted by Crippen LogP contribution is -2.44. The molecule has 2 amide bonds. The summed E-state index contributed by atoms with van der Waals surface area (Å²) in [5.41, 5.74) is -0.638. The van der Waals surface area contributed by atoms with Gasteiger partial charge >= 0.3 is 6.03 Å². The third-order valence-corrected chi connectivity index (χ3v) is 2.35. The van der Waals surface area contributed by atoms with E-state index in [0.717, 1.165) is 0 Å². The summed E-state index contributed by atoms with van der Waals surface area (Å²) in [6, 6.07) is -0.355. The highest BCUT2D eigenvalue weighted by molar-refractivity contribution is 5.87. The molecule has 1 rings (SSSR count). The van der Waals surface area contributed by atoms with Crippen LogP contribution in [0.4, 0.5) is 10.7 Å². The summed E-state index contributed by atoms with van der Waals surface area (Å²) >= 11 is 0. The van der Waals surface area contributed by atoms with Gasteiger partial charge in [-0.25, -0.2) is 14.5 Å². The second kappa shape index (κ2) is 4.80. The molecule has 0 bridgehead atoms. The van der Waals surface area contributed by atoms with Crippen LogP contribution in [0.15, 0.2) is 19.0 Å². The summed E-state index contributed by atoms with van der Waals surface area (Å²) in [5, 5.41) is 9.51. The first-order chi connectivity index (χ1) is 8.14. The van der Waals surface area contributed by atoms with Crippen LogP contribution in [-0.2, 0) is 5.54 Å². The van der Waals surface area contributed by atoms with Crippen LogP contribution in [0.5, 0.6) is 0 Å². The van der Waals surface area contributed by atoms with Gasteiger partial charge in [-0.2, -0.15) is 0 Å². The van der Waals surface area contributed by atoms with E-state index in [4.69, 9.17) is 0 Å². The number of carbonyl (C=O) groups excluding carboxylic acids is 1. The predicted molar refractivity (Wildman–Crippen MR) is 71.4 cm³/mol. The number of urea groups is 1. The maximum Gasteiger partial charge on any atom is 0.322 e. The maximum atomic E-state index is 11.7. The molecule has 0 aliphatic rings. The van der Waals surface area contributed by atoms with E-state index in [0.29, 0.717) is 0 Å². The van der Waals surface area contributed by atoms with Crippen LogP contribution in [0.3, 0.4) is 0 Å². The number of amides is 2. The van der Waals surface area contributed by atoms with E-state index in [9.17, 15) is 4.79 Å². The van der Waals surface area contributed by atoms with Gasteiger partial charge in [0.15, 0.2) is 0 Å². The van der Waals surface area contributed by atoms with Crippen molar-refractivity contribution in [1.29, 1.82) is 0 Å². The molecule has 0 unspecified atom stereocenters. The predicted octanol–water partition coefficient (Wildman–Crippen LogP) is 2.12. The van der Waals surface area contributed by atoms with E-state index in [1.54, 1.807) is 17.1 Å². The molecule has 18 heavy (non-hydrogen) atoms. The summed E-state index contributed by atoms with van der Waals surface area (Å²) in [6.45, 7) is 13.4. The van der Waals surface area contributed by atoms with Crippen LogP contribution >= 0.6 is 0 Å². The molecule has 0 aliphatic carbocycles. The van der Waals surface area contributed by atoms with Gasteiger partial charge in [-0.05, 0) is 34.6 Å². The highest BCUT2D eigenvalue weighted by atomic mass is 16.2. The van der Waals surface area contributed by atoms with Gasteiger partial charge in [0.05, 0.1) is 11.1 Å². The minimum atomic E-state index is -0.476. The van der Waals surface area contributed by atoms with Crippen LogP contribution in [0.2, 0.25) is 0 Å². The fourth-order valence-corrected chi connectivity index (χ4v) is 1.12. The molecule has 0 aliphatic heterocycles. The zero-order valence-corrected chi connectivity index (χ0v) is 11.6. The number of rotatable bonds is 3. The van der Waals surface area contributed by atoms with Gasteiger partial charge in [0.2, 0.25) is 5.95 Å². The zero-order valence-electron chi connectivity index (χ0n) is 11.6. The fraction of sp³-hybridized carbons (Fsp3) is 0.583. The minimum Gasteiger partial charge on any atom is -0.329 e. The van der Waals surface area contributed by atoms with Crippen molar-refractivity contribution in [3.63, 3.8) is 0 Å². The van der Waals surface area contributed by atoms with E-state index >= 15 is 0 Å². The van der Waals surface area contributed by atoms with Crippen LogP contribution in [0.25, 0.3) is 0 Å². The van der Waals surface area contributed by atoms with Gasteiger partial charge < -0.3 is 5.32 Å². The van der Waals surface area contributed by atoms with Crippen molar-refractivity contribution >= 4 is 12.0 Å². The van der Waals surface area contributed by atoms with Crippen molar-refractivity contribution in [1.82, 2.24) is 20.1 Å². The van der Waals surface area contributed by atoms with Crippen molar-refractivity contribution in [3.8, 4) is 0 Å². The second-order valence-corrected chi connectivity index (χ2v) is 5.69. The minimum absolute atomic E-state index is 0.163. The molecule has 2 N–H and O–H groups in total. The molecular formula is C12H21N5O. The average molecular weight is 251 g/mol. The first kappa shape index (κ1) is 14.2. The Bertz CT molecular complexity index is 442. The SMILES string of the molecule is C=CC(C)(C)NC(=O)Nc1ncn(C(C)(C)C)n1. The first-order valence-corrected chi connectivity index (χ1v) is 5.79. The van der Waals surface area contributed by atoms with Crippen molar-refractivity contribution in [2.24, 2.45) is 0 Å². The molecule has 1 heterocycles. The summed E-state index contributed by atoms with van der Waals surface area (Å²) in [6.07, 6.45) is 3.25. The summed E-state index contributed by atoms with van der Waals surface area (Å²) in [7, 11) is 0. The molecule has 1 aromatic heterocycles.